The van der Waals surface area contributed by atoms with E-state index < -0.39 is 18.1 Å². The van der Waals surface area contributed by atoms with Crippen molar-refractivity contribution in [3.8, 4) is 5.75 Å². The maximum absolute atomic E-state index is 12.3. The van der Waals surface area contributed by atoms with Gasteiger partial charge in [-0.3, -0.25) is 4.90 Å². The molecule has 1 aliphatic rings. The lowest BCUT2D eigenvalue weighted by atomic mass is 10.1. The highest BCUT2D eigenvalue weighted by Gasteiger charge is 2.40. The lowest BCUT2D eigenvalue weighted by molar-refractivity contribution is -0.139. The van der Waals surface area contributed by atoms with Gasteiger partial charge in [0.1, 0.15) is 12.4 Å². The molecule has 124 valence electrons. The molecule has 2 aromatic carbocycles. The standard InChI is InChI=1S/C17H14INO5/c18-13-8-12(6-7-14(13)20)15-16(21)24-10-19(15)17(22)23-9-11-4-2-1-3-5-11/h1-8,15,20H,9-10H2/t15-/m0/s1. The lowest BCUT2D eigenvalue weighted by Crippen LogP contribution is -2.32. The molecule has 0 saturated carbocycles. The summed E-state index contributed by atoms with van der Waals surface area (Å²) in [6, 6.07) is 13.1. The Morgan fingerprint density at radius 1 is 1.29 bits per heavy atom. The summed E-state index contributed by atoms with van der Waals surface area (Å²) in [6.45, 7) is -0.0429. The predicted molar refractivity (Wildman–Crippen MR) is 93.0 cm³/mol. The molecule has 0 unspecified atom stereocenters. The molecule has 1 saturated heterocycles. The molecule has 7 heteroatoms. The highest BCUT2D eigenvalue weighted by molar-refractivity contribution is 14.1. The molecule has 0 aromatic heterocycles. The third kappa shape index (κ3) is 3.45. The first kappa shape index (κ1) is 16.6. The Balaban J connectivity index is 1.74. The van der Waals surface area contributed by atoms with Crippen LogP contribution >= 0.6 is 22.6 Å². The summed E-state index contributed by atoms with van der Waals surface area (Å²) in [5, 5.41) is 9.61. The summed E-state index contributed by atoms with van der Waals surface area (Å²) >= 11 is 1.96. The number of aromatic hydroxyl groups is 1. The lowest BCUT2D eigenvalue weighted by Gasteiger charge is -2.20. The molecular formula is C17H14INO5. The van der Waals surface area contributed by atoms with Crippen LogP contribution in [0.2, 0.25) is 0 Å². The van der Waals surface area contributed by atoms with E-state index in [9.17, 15) is 14.7 Å². The molecule has 2 aromatic rings. The highest BCUT2D eigenvalue weighted by Crippen LogP contribution is 2.31. The van der Waals surface area contributed by atoms with Gasteiger partial charge in [0, 0.05) is 0 Å². The number of ether oxygens (including phenoxy) is 2. The van der Waals surface area contributed by atoms with Crippen molar-refractivity contribution >= 4 is 34.7 Å². The van der Waals surface area contributed by atoms with Gasteiger partial charge in [-0.1, -0.05) is 36.4 Å². The van der Waals surface area contributed by atoms with Crippen molar-refractivity contribution in [1.82, 2.24) is 4.90 Å². The SMILES string of the molecule is O=C1OCN(C(=O)OCc2ccccc2)[C@H]1c1ccc(O)c(I)c1. The molecule has 0 spiro atoms. The number of benzene rings is 2. The molecule has 1 amide bonds. The molecule has 24 heavy (non-hydrogen) atoms. The number of hydrogen-bond donors (Lipinski definition) is 1. The molecular weight excluding hydrogens is 425 g/mol. The van der Waals surface area contributed by atoms with Gasteiger partial charge in [0.15, 0.2) is 12.8 Å². The molecule has 6 nitrogen and oxygen atoms in total. The molecule has 1 fully saturated rings. The van der Waals surface area contributed by atoms with Crippen molar-refractivity contribution in [3.05, 3.63) is 63.2 Å². The van der Waals surface area contributed by atoms with Crippen molar-refractivity contribution in [2.24, 2.45) is 0 Å². The van der Waals surface area contributed by atoms with Crippen LogP contribution in [0.4, 0.5) is 4.79 Å². The van der Waals surface area contributed by atoms with E-state index >= 15 is 0 Å². The number of amides is 1. The number of cyclic esters (lactones) is 1. The van der Waals surface area contributed by atoms with Gasteiger partial charge in [0.05, 0.1) is 3.57 Å². The number of halogens is 1. The maximum atomic E-state index is 12.3. The first-order valence-corrected chi connectivity index (χ1v) is 8.26. The van der Waals surface area contributed by atoms with Crippen LogP contribution < -0.4 is 0 Å². The van der Waals surface area contributed by atoms with E-state index in [2.05, 4.69) is 0 Å². The minimum Gasteiger partial charge on any atom is -0.507 e. The first-order valence-electron chi connectivity index (χ1n) is 7.18. The Kier molecular flexibility index (Phi) is 4.89. The van der Waals surface area contributed by atoms with Gasteiger partial charge in [0.25, 0.3) is 0 Å². The van der Waals surface area contributed by atoms with Crippen molar-refractivity contribution in [3.63, 3.8) is 0 Å². The molecule has 1 atom stereocenters. The highest BCUT2D eigenvalue weighted by atomic mass is 127. The second kappa shape index (κ2) is 7.08. The van der Waals surface area contributed by atoms with Crippen LogP contribution in [0.3, 0.4) is 0 Å². The number of nitrogens with zero attached hydrogens (tertiary/aromatic N) is 1. The van der Waals surface area contributed by atoms with Crippen LogP contribution in [-0.4, -0.2) is 28.8 Å². The third-order valence-corrected chi connectivity index (χ3v) is 4.47. The summed E-state index contributed by atoms with van der Waals surface area (Å²) in [5.41, 5.74) is 1.42. The smallest absolute Gasteiger partial charge is 0.413 e. The van der Waals surface area contributed by atoms with Crippen molar-refractivity contribution < 1.29 is 24.2 Å². The number of carbonyl (C=O) groups is 2. The van der Waals surface area contributed by atoms with E-state index in [4.69, 9.17) is 9.47 Å². The Labute approximate surface area is 152 Å². The van der Waals surface area contributed by atoms with Gasteiger partial charge in [0.2, 0.25) is 0 Å². The zero-order valence-corrected chi connectivity index (χ0v) is 14.7. The molecule has 1 aliphatic heterocycles. The number of phenols is 1. The van der Waals surface area contributed by atoms with Crippen LogP contribution in [-0.2, 0) is 20.9 Å². The van der Waals surface area contributed by atoms with Crippen molar-refractivity contribution in [2.45, 2.75) is 12.6 Å². The number of rotatable bonds is 3. The van der Waals surface area contributed by atoms with Gasteiger partial charge in [-0.15, -0.1) is 0 Å². The number of carbonyl (C=O) groups excluding carboxylic acids is 2. The number of hydrogen-bond acceptors (Lipinski definition) is 5. The van der Waals surface area contributed by atoms with Gasteiger partial charge >= 0.3 is 12.1 Å². The normalized spacial score (nSPS) is 16.8. The monoisotopic (exact) mass is 439 g/mol. The molecule has 0 aliphatic carbocycles. The minimum atomic E-state index is -0.873. The van der Waals surface area contributed by atoms with Crippen LogP contribution in [0.1, 0.15) is 17.2 Å². The summed E-state index contributed by atoms with van der Waals surface area (Å²) < 4.78 is 10.9. The van der Waals surface area contributed by atoms with Crippen LogP contribution in [0.15, 0.2) is 48.5 Å². The molecule has 0 bridgehead atoms. The summed E-state index contributed by atoms with van der Waals surface area (Å²) in [4.78, 5) is 25.6. The quantitative estimate of drug-likeness (QED) is 0.588. The first-order chi connectivity index (χ1) is 11.6. The van der Waals surface area contributed by atoms with E-state index in [-0.39, 0.29) is 19.1 Å². The van der Waals surface area contributed by atoms with Crippen molar-refractivity contribution in [1.29, 1.82) is 0 Å². The minimum absolute atomic E-state index is 0.115. The second-order valence-electron chi connectivity index (χ2n) is 5.22. The van der Waals surface area contributed by atoms with E-state index in [1.54, 1.807) is 12.1 Å². The topological polar surface area (TPSA) is 76.1 Å². The van der Waals surface area contributed by atoms with Gasteiger partial charge in [-0.25, -0.2) is 9.59 Å². The van der Waals surface area contributed by atoms with Crippen LogP contribution in [0, 0.1) is 3.57 Å². The fraction of sp³-hybridized carbons (Fsp3) is 0.176. The fourth-order valence-corrected chi connectivity index (χ4v) is 2.92. The number of phenolic OH excluding ortho intramolecular Hbond substituents is 1. The second-order valence-corrected chi connectivity index (χ2v) is 6.38. The summed E-state index contributed by atoms with van der Waals surface area (Å²) in [5.74, 6) is -0.405. The van der Waals surface area contributed by atoms with Crippen LogP contribution in [0.25, 0.3) is 0 Å². The van der Waals surface area contributed by atoms with E-state index in [0.29, 0.717) is 9.13 Å². The zero-order valence-electron chi connectivity index (χ0n) is 12.5. The van der Waals surface area contributed by atoms with Crippen molar-refractivity contribution in [2.75, 3.05) is 6.73 Å². The third-order valence-electron chi connectivity index (χ3n) is 3.61. The number of esters is 1. The molecule has 3 rings (SSSR count). The summed E-state index contributed by atoms with van der Waals surface area (Å²) in [7, 11) is 0. The zero-order chi connectivity index (χ0) is 17.1. The molecule has 0 radical (unpaired) electrons. The molecule has 1 N–H and O–H groups in total. The van der Waals surface area contributed by atoms with E-state index in [0.717, 1.165) is 5.56 Å². The average Bonchev–Trinajstić information content (AvgIpc) is 2.98. The van der Waals surface area contributed by atoms with Gasteiger partial charge < -0.3 is 14.6 Å². The Morgan fingerprint density at radius 2 is 2.04 bits per heavy atom. The largest absolute Gasteiger partial charge is 0.507 e. The van der Waals surface area contributed by atoms with E-state index in [1.807, 2.05) is 52.9 Å². The Bertz CT molecular complexity index is 765. The molecule has 1 heterocycles. The van der Waals surface area contributed by atoms with Crippen LogP contribution in [0.5, 0.6) is 5.75 Å². The fourth-order valence-electron chi connectivity index (χ4n) is 2.38. The Hall–Kier alpha value is -2.29. The Morgan fingerprint density at radius 3 is 2.75 bits per heavy atom. The van der Waals surface area contributed by atoms with Gasteiger partial charge in [-0.05, 0) is 45.9 Å². The predicted octanol–water partition coefficient (Wildman–Crippen LogP) is 3.19. The average molecular weight is 439 g/mol. The van der Waals surface area contributed by atoms with Gasteiger partial charge in [-0.2, -0.15) is 0 Å². The van der Waals surface area contributed by atoms with E-state index in [1.165, 1.54) is 11.0 Å². The maximum Gasteiger partial charge on any atom is 0.413 e. The summed E-state index contributed by atoms with van der Waals surface area (Å²) in [6.07, 6.45) is -0.627.